The minimum atomic E-state index is -0.737. The predicted octanol–water partition coefficient (Wildman–Crippen LogP) is 0.769. The molecule has 20 heavy (non-hydrogen) atoms. The van der Waals surface area contributed by atoms with Crippen LogP contribution in [-0.2, 0) is 22.6 Å². The number of hydrogen-bond acceptors (Lipinski definition) is 3. The summed E-state index contributed by atoms with van der Waals surface area (Å²) in [5.74, 6) is -0.813. The van der Waals surface area contributed by atoms with Gasteiger partial charge in [-0.25, -0.2) is 4.98 Å². The van der Waals surface area contributed by atoms with E-state index in [4.69, 9.17) is 5.11 Å². The molecule has 108 valence electrons. The third-order valence-electron chi connectivity index (χ3n) is 4.48. The topological polar surface area (TPSA) is 75.4 Å². The fourth-order valence-corrected chi connectivity index (χ4v) is 3.18. The SMILES string of the molecule is O=C(O)C1CCN(C(=O)C2CCn3cncc3C2)CC1. The number of carbonyl (C=O) groups is 2. The van der Waals surface area contributed by atoms with Crippen LogP contribution in [0.1, 0.15) is 25.0 Å². The van der Waals surface area contributed by atoms with Crippen LogP contribution in [0.2, 0.25) is 0 Å². The summed E-state index contributed by atoms with van der Waals surface area (Å²) in [6.45, 7) is 1.99. The first-order chi connectivity index (χ1) is 9.65. The molecule has 6 nitrogen and oxygen atoms in total. The molecule has 1 aromatic rings. The van der Waals surface area contributed by atoms with E-state index in [2.05, 4.69) is 9.55 Å². The van der Waals surface area contributed by atoms with Gasteiger partial charge in [0.2, 0.25) is 5.91 Å². The molecule has 3 rings (SSSR count). The summed E-state index contributed by atoms with van der Waals surface area (Å²) in [5, 5.41) is 8.98. The number of imidazole rings is 1. The smallest absolute Gasteiger partial charge is 0.306 e. The van der Waals surface area contributed by atoms with Crippen LogP contribution in [-0.4, -0.2) is 44.5 Å². The zero-order valence-electron chi connectivity index (χ0n) is 11.4. The average molecular weight is 277 g/mol. The maximum atomic E-state index is 12.5. The second kappa shape index (κ2) is 5.26. The van der Waals surface area contributed by atoms with Gasteiger partial charge in [0.15, 0.2) is 0 Å². The molecule has 3 heterocycles. The molecule has 1 N–H and O–H groups in total. The van der Waals surface area contributed by atoms with Gasteiger partial charge in [0.1, 0.15) is 0 Å². The van der Waals surface area contributed by atoms with Gasteiger partial charge in [-0.15, -0.1) is 0 Å². The van der Waals surface area contributed by atoms with E-state index in [1.165, 1.54) is 0 Å². The van der Waals surface area contributed by atoms with Crippen LogP contribution < -0.4 is 0 Å². The lowest BCUT2D eigenvalue weighted by Gasteiger charge is -2.34. The molecule has 0 aliphatic carbocycles. The van der Waals surface area contributed by atoms with Gasteiger partial charge in [0.25, 0.3) is 0 Å². The third-order valence-corrected chi connectivity index (χ3v) is 4.48. The molecular weight excluding hydrogens is 258 g/mol. The molecule has 1 atom stereocenters. The van der Waals surface area contributed by atoms with E-state index in [0.29, 0.717) is 25.9 Å². The monoisotopic (exact) mass is 277 g/mol. The number of aromatic nitrogens is 2. The van der Waals surface area contributed by atoms with Gasteiger partial charge in [-0.1, -0.05) is 0 Å². The van der Waals surface area contributed by atoms with E-state index in [9.17, 15) is 9.59 Å². The molecule has 0 spiro atoms. The van der Waals surface area contributed by atoms with Crippen molar-refractivity contribution in [2.24, 2.45) is 11.8 Å². The Morgan fingerprint density at radius 1 is 1.15 bits per heavy atom. The summed E-state index contributed by atoms with van der Waals surface area (Å²) >= 11 is 0. The molecule has 0 bridgehead atoms. The third kappa shape index (κ3) is 2.42. The van der Waals surface area contributed by atoms with Crippen molar-refractivity contribution in [3.63, 3.8) is 0 Å². The first-order valence-electron chi connectivity index (χ1n) is 7.15. The molecule has 1 aromatic heterocycles. The van der Waals surface area contributed by atoms with Crippen molar-refractivity contribution in [3.05, 3.63) is 18.2 Å². The molecule has 0 aromatic carbocycles. The lowest BCUT2D eigenvalue weighted by Crippen LogP contribution is -2.44. The van der Waals surface area contributed by atoms with Crippen LogP contribution >= 0.6 is 0 Å². The number of aliphatic carboxylic acids is 1. The van der Waals surface area contributed by atoms with Gasteiger partial charge < -0.3 is 14.6 Å². The Labute approximate surface area is 117 Å². The zero-order valence-corrected chi connectivity index (χ0v) is 11.4. The first-order valence-corrected chi connectivity index (χ1v) is 7.15. The zero-order chi connectivity index (χ0) is 14.1. The highest BCUT2D eigenvalue weighted by molar-refractivity contribution is 5.79. The summed E-state index contributed by atoms with van der Waals surface area (Å²) < 4.78 is 2.10. The Morgan fingerprint density at radius 2 is 1.85 bits per heavy atom. The van der Waals surface area contributed by atoms with Crippen LogP contribution in [0.3, 0.4) is 0 Å². The lowest BCUT2D eigenvalue weighted by atomic mass is 9.92. The van der Waals surface area contributed by atoms with Crippen LogP contribution in [0.4, 0.5) is 0 Å². The fraction of sp³-hybridized carbons (Fsp3) is 0.643. The second-order valence-electron chi connectivity index (χ2n) is 5.71. The van der Waals surface area contributed by atoms with Gasteiger partial charge in [0.05, 0.1) is 12.2 Å². The number of nitrogens with zero attached hydrogens (tertiary/aromatic N) is 3. The van der Waals surface area contributed by atoms with E-state index in [1.807, 2.05) is 17.4 Å². The number of rotatable bonds is 2. The maximum absolute atomic E-state index is 12.5. The van der Waals surface area contributed by atoms with Crippen LogP contribution in [0.5, 0.6) is 0 Å². The molecule has 1 saturated heterocycles. The van der Waals surface area contributed by atoms with Crippen molar-refractivity contribution >= 4 is 11.9 Å². The van der Waals surface area contributed by atoms with Crippen molar-refractivity contribution in [1.29, 1.82) is 0 Å². The highest BCUT2D eigenvalue weighted by Gasteiger charge is 2.32. The average Bonchev–Trinajstić information content (AvgIpc) is 2.94. The van der Waals surface area contributed by atoms with Crippen molar-refractivity contribution in [3.8, 4) is 0 Å². The number of amides is 1. The van der Waals surface area contributed by atoms with Gasteiger partial charge in [0, 0.05) is 43.9 Å². The van der Waals surface area contributed by atoms with Crippen molar-refractivity contribution in [1.82, 2.24) is 14.5 Å². The van der Waals surface area contributed by atoms with E-state index in [1.54, 1.807) is 0 Å². The number of aryl methyl sites for hydroxylation is 1. The second-order valence-corrected chi connectivity index (χ2v) is 5.71. The Bertz CT molecular complexity index is 517. The summed E-state index contributed by atoms with van der Waals surface area (Å²) in [6, 6.07) is 0. The number of carboxylic acids is 1. The highest BCUT2D eigenvalue weighted by Crippen LogP contribution is 2.25. The number of likely N-dealkylation sites (tertiary alicyclic amines) is 1. The summed E-state index contributed by atoms with van der Waals surface area (Å²) in [4.78, 5) is 29.4. The normalized spacial score (nSPS) is 23.4. The highest BCUT2D eigenvalue weighted by atomic mass is 16.4. The predicted molar refractivity (Wildman–Crippen MR) is 71.0 cm³/mol. The number of fused-ring (bicyclic) bond motifs is 1. The molecule has 0 radical (unpaired) electrons. The Hall–Kier alpha value is -1.85. The van der Waals surface area contributed by atoms with Crippen molar-refractivity contribution in [2.75, 3.05) is 13.1 Å². The van der Waals surface area contributed by atoms with Gasteiger partial charge in [-0.3, -0.25) is 9.59 Å². The number of piperidine rings is 1. The Balaban J connectivity index is 1.59. The fourth-order valence-electron chi connectivity index (χ4n) is 3.18. The summed E-state index contributed by atoms with van der Waals surface area (Å²) in [5.41, 5.74) is 1.12. The van der Waals surface area contributed by atoms with Crippen LogP contribution in [0, 0.1) is 11.8 Å². The standard InChI is InChI=1S/C14H19N3O3/c18-13(16-4-1-10(2-5-16)14(19)20)11-3-6-17-9-15-8-12(17)7-11/h8-11H,1-7H2,(H,19,20). The number of hydrogen-bond donors (Lipinski definition) is 1. The van der Waals surface area contributed by atoms with Gasteiger partial charge in [-0.2, -0.15) is 0 Å². The molecule has 2 aliphatic heterocycles. The van der Waals surface area contributed by atoms with Crippen molar-refractivity contribution < 1.29 is 14.7 Å². The van der Waals surface area contributed by atoms with Crippen LogP contribution in [0.15, 0.2) is 12.5 Å². The minimum absolute atomic E-state index is 0.0283. The van der Waals surface area contributed by atoms with E-state index >= 15 is 0 Å². The van der Waals surface area contributed by atoms with E-state index in [0.717, 1.165) is 25.1 Å². The number of carbonyl (C=O) groups excluding carboxylic acids is 1. The van der Waals surface area contributed by atoms with Gasteiger partial charge >= 0.3 is 5.97 Å². The lowest BCUT2D eigenvalue weighted by molar-refractivity contribution is -0.147. The number of carboxylic acid groups (broad SMARTS) is 1. The maximum Gasteiger partial charge on any atom is 0.306 e. The minimum Gasteiger partial charge on any atom is -0.481 e. The molecule has 2 aliphatic rings. The Morgan fingerprint density at radius 3 is 2.55 bits per heavy atom. The van der Waals surface area contributed by atoms with Crippen LogP contribution in [0.25, 0.3) is 0 Å². The molecule has 0 saturated carbocycles. The van der Waals surface area contributed by atoms with E-state index < -0.39 is 5.97 Å². The van der Waals surface area contributed by atoms with Gasteiger partial charge in [-0.05, 0) is 19.3 Å². The van der Waals surface area contributed by atoms with E-state index in [-0.39, 0.29) is 17.7 Å². The van der Waals surface area contributed by atoms with Crippen molar-refractivity contribution in [2.45, 2.75) is 32.2 Å². The summed E-state index contributed by atoms with van der Waals surface area (Å²) in [7, 11) is 0. The summed E-state index contributed by atoms with van der Waals surface area (Å²) in [6.07, 6.45) is 6.39. The molecule has 1 amide bonds. The Kier molecular flexibility index (Phi) is 3.46. The molecular formula is C14H19N3O3. The largest absolute Gasteiger partial charge is 0.481 e. The molecule has 1 fully saturated rings. The molecule has 1 unspecified atom stereocenters. The first kappa shape index (κ1) is 13.1. The quantitative estimate of drug-likeness (QED) is 0.866. The molecule has 6 heteroatoms.